The molecule has 0 aliphatic rings. The summed E-state index contributed by atoms with van der Waals surface area (Å²) < 4.78 is 48.6. The summed E-state index contributed by atoms with van der Waals surface area (Å²) in [5, 5.41) is 2.49. The maximum atomic E-state index is 14.6. The van der Waals surface area contributed by atoms with Gasteiger partial charge in [0.15, 0.2) is 0 Å². The van der Waals surface area contributed by atoms with Crippen molar-refractivity contribution >= 4 is 32.9 Å². The number of benzene rings is 6. The van der Waals surface area contributed by atoms with E-state index in [4.69, 9.17) is 13.4 Å². The third kappa shape index (κ3) is 7.33. The van der Waals surface area contributed by atoms with Gasteiger partial charge in [-0.1, -0.05) is 6.07 Å². The van der Waals surface area contributed by atoms with Crippen molar-refractivity contribution in [2.24, 2.45) is 0 Å². The van der Waals surface area contributed by atoms with Crippen LogP contribution in [0.3, 0.4) is 0 Å². The Balaban J connectivity index is 1.44. The van der Waals surface area contributed by atoms with E-state index >= 15 is 0 Å². The first-order valence-corrected chi connectivity index (χ1v) is 20.3. The van der Waals surface area contributed by atoms with Crippen LogP contribution in [0.25, 0.3) is 0 Å². The fraction of sp³-hybridized carbons (Fsp3) is 0.143. The fourth-order valence-electron chi connectivity index (χ4n) is 6.33. The van der Waals surface area contributed by atoms with Crippen molar-refractivity contribution in [3.05, 3.63) is 181 Å². The van der Waals surface area contributed by atoms with Gasteiger partial charge in [-0.2, -0.15) is 0 Å². The van der Waals surface area contributed by atoms with Gasteiger partial charge >= 0.3 is 285 Å². The van der Waals surface area contributed by atoms with E-state index in [1.807, 2.05) is 146 Å². The van der Waals surface area contributed by atoms with Crippen LogP contribution in [0.15, 0.2) is 175 Å². The summed E-state index contributed by atoms with van der Waals surface area (Å²) in [6.07, 6.45) is 1.58. The van der Waals surface area contributed by atoms with E-state index in [0.717, 1.165) is 38.5 Å². The van der Waals surface area contributed by atoms with Crippen LogP contribution in [-0.2, 0) is 20.5 Å². The molecule has 0 unspecified atom stereocenters. The predicted octanol–water partition coefficient (Wildman–Crippen LogP) is 8.24. The molecule has 6 rings (SSSR count). The molecular weight excluding hydrogens is 647 g/mol. The number of para-hydroxylation sites is 2. The molecule has 0 bridgehead atoms. The van der Waals surface area contributed by atoms with E-state index < -0.39 is 16.9 Å². The van der Waals surface area contributed by atoms with Crippen LogP contribution in [0.5, 0.6) is 11.5 Å². The minimum absolute atomic E-state index is 0.122. The molecule has 6 aromatic rings. The van der Waals surface area contributed by atoms with Crippen LogP contribution in [0, 0.1) is 6.92 Å². The average Bonchev–Trinajstić information content (AvgIpc) is 3.15. The molecule has 0 aliphatic heterocycles. The summed E-state index contributed by atoms with van der Waals surface area (Å²) >= 11 is 0. The van der Waals surface area contributed by atoms with Crippen molar-refractivity contribution in [1.82, 2.24) is 0 Å². The molecule has 7 heteroatoms. The molecule has 6 aromatic carbocycles. The van der Waals surface area contributed by atoms with Crippen LogP contribution < -0.4 is 25.4 Å². The molecule has 49 heavy (non-hydrogen) atoms. The van der Waals surface area contributed by atoms with E-state index in [0.29, 0.717) is 32.2 Å². The molecule has 0 atom stereocenters. The van der Waals surface area contributed by atoms with Crippen LogP contribution in [0.2, 0.25) is 0 Å². The van der Waals surface area contributed by atoms with E-state index in [2.05, 4.69) is 6.07 Å². The first-order chi connectivity index (χ1) is 23.9. The summed E-state index contributed by atoms with van der Waals surface area (Å²) in [4.78, 5) is 0.122. The molecule has 250 valence electrons. The predicted molar refractivity (Wildman–Crippen MR) is 202 cm³/mol. The molecule has 0 N–H and O–H groups in total. The normalized spacial score (nSPS) is 12.5. The SMILES string of the molecule is Cc1ccc(S(=O)(=O)OP(CCc2ccccc2OCCCOc2ccccc2)(c2ccccc2)(c2ccccc2)c2ccccc2)cc1. The topological polar surface area (TPSA) is 61.8 Å². The molecule has 0 saturated carbocycles. The summed E-state index contributed by atoms with van der Waals surface area (Å²) in [6.45, 7) is -1.35. The quantitative estimate of drug-likeness (QED) is 0.0804. The number of hydrogen-bond acceptors (Lipinski definition) is 5. The van der Waals surface area contributed by atoms with Gasteiger partial charge in [0.05, 0.1) is 0 Å². The second-order valence-electron chi connectivity index (χ2n) is 12.0. The Labute approximate surface area is 290 Å². The van der Waals surface area contributed by atoms with Crippen molar-refractivity contribution in [2.45, 2.75) is 24.7 Å². The third-order valence-corrected chi connectivity index (χ3v) is 17.0. The Morgan fingerprint density at radius 1 is 0.531 bits per heavy atom. The van der Waals surface area contributed by atoms with Gasteiger partial charge in [-0.3, -0.25) is 0 Å². The summed E-state index contributed by atoms with van der Waals surface area (Å²) in [5.74, 6) is 1.59. The summed E-state index contributed by atoms with van der Waals surface area (Å²) in [6, 6.07) is 54.2. The minimum atomic E-state index is -4.30. The maximum absolute atomic E-state index is 14.6. The Morgan fingerprint density at radius 2 is 1.00 bits per heavy atom. The van der Waals surface area contributed by atoms with E-state index in [1.54, 1.807) is 24.3 Å². The molecule has 5 nitrogen and oxygen atoms in total. The van der Waals surface area contributed by atoms with E-state index in [1.165, 1.54) is 0 Å². The molecule has 0 radical (unpaired) electrons. The molecule has 0 amide bonds. The van der Waals surface area contributed by atoms with E-state index in [9.17, 15) is 8.42 Å². The standard InChI is InChI=1S/C42H41O5PS/c1-35-27-29-41(30-28-35)49(43,44)47-48(38-20-8-3-9-21-38,39-22-10-4-11-23-39,40-24-12-5-13-25-40)34-31-36-17-14-15-26-42(36)46-33-16-32-45-37-18-6-2-7-19-37/h2-15,17-30H,16,31-34H2,1H3. The fourth-order valence-corrected chi connectivity index (χ4v) is 15.0. The van der Waals surface area contributed by atoms with Crippen LogP contribution >= 0.6 is 6.83 Å². The number of ether oxygens (including phenoxy) is 2. The monoisotopic (exact) mass is 688 g/mol. The molecule has 0 aromatic heterocycles. The van der Waals surface area contributed by atoms with Gasteiger partial charge in [-0.15, -0.1) is 0 Å². The zero-order valence-electron chi connectivity index (χ0n) is 27.6. The Hall–Kier alpha value is -4.74. The second-order valence-corrected chi connectivity index (χ2v) is 18.4. The summed E-state index contributed by atoms with van der Waals surface area (Å²) in [5.41, 5.74) is 1.94. The van der Waals surface area contributed by atoms with Crippen LogP contribution in [0.4, 0.5) is 0 Å². The molecular formula is C42H41O5PS. The number of rotatable bonds is 15. The van der Waals surface area contributed by atoms with Gasteiger partial charge < -0.3 is 0 Å². The van der Waals surface area contributed by atoms with Gasteiger partial charge in [0.25, 0.3) is 0 Å². The number of aryl methyl sites for hydroxylation is 2. The molecule has 0 spiro atoms. The molecule has 0 heterocycles. The summed E-state index contributed by atoms with van der Waals surface area (Å²) in [7, 11) is -4.28. The molecule has 0 fully saturated rings. The second kappa shape index (κ2) is 15.2. The number of hydrogen-bond donors (Lipinski definition) is 0. The van der Waals surface area contributed by atoms with E-state index in [-0.39, 0.29) is 4.90 Å². The van der Waals surface area contributed by atoms with Gasteiger partial charge in [-0.25, -0.2) is 0 Å². The first kappa shape index (κ1) is 34.1. The van der Waals surface area contributed by atoms with Crippen LogP contribution in [-0.4, -0.2) is 27.8 Å². The van der Waals surface area contributed by atoms with Crippen molar-refractivity contribution < 1.29 is 21.9 Å². The van der Waals surface area contributed by atoms with Crippen molar-refractivity contribution in [1.29, 1.82) is 0 Å². The van der Waals surface area contributed by atoms with Gasteiger partial charge in [0.1, 0.15) is 0 Å². The van der Waals surface area contributed by atoms with Crippen molar-refractivity contribution in [3.8, 4) is 11.5 Å². The van der Waals surface area contributed by atoms with Gasteiger partial charge in [0, 0.05) is 0 Å². The van der Waals surface area contributed by atoms with Gasteiger partial charge in [-0.05, 0) is 0 Å². The third-order valence-electron chi connectivity index (χ3n) is 8.82. The van der Waals surface area contributed by atoms with Crippen molar-refractivity contribution in [3.63, 3.8) is 0 Å². The zero-order chi connectivity index (χ0) is 34.0. The zero-order valence-corrected chi connectivity index (χ0v) is 29.3. The van der Waals surface area contributed by atoms with Gasteiger partial charge in [0.2, 0.25) is 0 Å². The Bertz CT molecular complexity index is 1940. The first-order valence-electron chi connectivity index (χ1n) is 16.5. The molecule has 0 saturated heterocycles. The Kier molecular flexibility index (Phi) is 10.6. The van der Waals surface area contributed by atoms with Crippen molar-refractivity contribution in [2.75, 3.05) is 19.4 Å². The molecule has 0 aliphatic carbocycles. The Morgan fingerprint density at radius 3 is 1.55 bits per heavy atom. The van der Waals surface area contributed by atoms with Crippen LogP contribution in [0.1, 0.15) is 17.5 Å². The average molecular weight is 689 g/mol.